The van der Waals surface area contributed by atoms with E-state index in [-0.39, 0.29) is 18.9 Å². The lowest BCUT2D eigenvalue weighted by atomic mass is 9.87. The molecule has 1 fully saturated rings. The number of aromatic nitrogens is 4. The van der Waals surface area contributed by atoms with Crippen molar-refractivity contribution in [2.45, 2.75) is 38.0 Å². The van der Waals surface area contributed by atoms with Crippen molar-refractivity contribution in [2.24, 2.45) is 5.92 Å². The van der Waals surface area contributed by atoms with Gasteiger partial charge in [0, 0.05) is 6.07 Å². The van der Waals surface area contributed by atoms with Gasteiger partial charge in [0.15, 0.2) is 5.65 Å². The van der Waals surface area contributed by atoms with Crippen molar-refractivity contribution in [1.29, 1.82) is 0 Å². The molecule has 0 amide bonds. The topological polar surface area (TPSA) is 52.3 Å². The Morgan fingerprint density at radius 2 is 1.90 bits per heavy atom. The molecule has 0 N–H and O–H groups in total. The number of nitrogens with zero attached hydrogens (tertiary/aromatic N) is 4. The van der Waals surface area contributed by atoms with E-state index in [9.17, 15) is 13.2 Å². The van der Waals surface area contributed by atoms with E-state index in [4.69, 9.17) is 4.74 Å². The molecular formula is C12H13F3N4O. The molecule has 8 heteroatoms. The van der Waals surface area contributed by atoms with Gasteiger partial charge in [-0.15, -0.1) is 15.3 Å². The van der Waals surface area contributed by atoms with Gasteiger partial charge < -0.3 is 4.74 Å². The second kappa shape index (κ2) is 4.92. The highest BCUT2D eigenvalue weighted by molar-refractivity contribution is 5.35. The van der Waals surface area contributed by atoms with Crippen molar-refractivity contribution in [3.8, 4) is 5.88 Å². The Morgan fingerprint density at radius 1 is 1.15 bits per heavy atom. The van der Waals surface area contributed by atoms with Crippen LogP contribution in [0.1, 0.15) is 25.7 Å². The van der Waals surface area contributed by atoms with Gasteiger partial charge in [-0.3, -0.25) is 0 Å². The summed E-state index contributed by atoms with van der Waals surface area (Å²) < 4.78 is 44.8. The molecule has 0 radical (unpaired) electrons. The first-order valence-electron chi connectivity index (χ1n) is 6.43. The largest absolute Gasteiger partial charge is 0.473 e. The van der Waals surface area contributed by atoms with E-state index in [2.05, 4.69) is 15.3 Å². The third kappa shape index (κ3) is 2.68. The van der Waals surface area contributed by atoms with Gasteiger partial charge in [-0.1, -0.05) is 0 Å². The third-order valence-corrected chi connectivity index (χ3v) is 3.56. The summed E-state index contributed by atoms with van der Waals surface area (Å²) in [6, 6.07) is 3.36. The molecule has 2 heterocycles. The van der Waals surface area contributed by atoms with Crippen LogP contribution in [-0.4, -0.2) is 32.1 Å². The van der Waals surface area contributed by atoms with E-state index < -0.39 is 12.1 Å². The predicted molar refractivity (Wildman–Crippen MR) is 63.2 cm³/mol. The van der Waals surface area contributed by atoms with E-state index in [1.54, 1.807) is 12.1 Å². The van der Waals surface area contributed by atoms with Gasteiger partial charge in [0.05, 0.1) is 5.92 Å². The zero-order valence-electron chi connectivity index (χ0n) is 10.5. The Bertz CT molecular complexity index is 590. The van der Waals surface area contributed by atoms with Crippen LogP contribution in [0, 0.1) is 5.92 Å². The van der Waals surface area contributed by atoms with Gasteiger partial charge in [0.2, 0.25) is 5.88 Å². The summed E-state index contributed by atoms with van der Waals surface area (Å²) in [5.41, 5.74) is 0.595. The molecule has 5 nitrogen and oxygen atoms in total. The summed E-state index contributed by atoms with van der Waals surface area (Å²) in [6.45, 7) is 0. The Balaban J connectivity index is 1.62. The van der Waals surface area contributed by atoms with Crippen molar-refractivity contribution in [3.05, 3.63) is 18.5 Å². The van der Waals surface area contributed by atoms with Crippen LogP contribution < -0.4 is 4.74 Å². The lowest BCUT2D eigenvalue weighted by molar-refractivity contribution is -0.185. The average molecular weight is 286 g/mol. The maximum atomic E-state index is 12.6. The minimum Gasteiger partial charge on any atom is -0.473 e. The van der Waals surface area contributed by atoms with Gasteiger partial charge in [-0.25, -0.2) is 0 Å². The molecule has 1 saturated carbocycles. The zero-order valence-corrected chi connectivity index (χ0v) is 10.5. The van der Waals surface area contributed by atoms with Gasteiger partial charge in [0.25, 0.3) is 0 Å². The molecule has 0 bridgehead atoms. The first kappa shape index (κ1) is 13.1. The van der Waals surface area contributed by atoms with Crippen LogP contribution in [0.3, 0.4) is 0 Å². The normalized spacial score (nSPS) is 23.9. The highest BCUT2D eigenvalue weighted by atomic mass is 19.4. The number of alkyl halides is 3. The number of hydrogen-bond donors (Lipinski definition) is 0. The Labute approximate surface area is 112 Å². The van der Waals surface area contributed by atoms with E-state index in [1.165, 1.54) is 10.8 Å². The highest BCUT2D eigenvalue weighted by Gasteiger charge is 2.41. The number of fused-ring (bicyclic) bond motifs is 1. The summed E-state index contributed by atoms with van der Waals surface area (Å²) in [7, 11) is 0. The van der Waals surface area contributed by atoms with Crippen LogP contribution in [0.25, 0.3) is 5.65 Å². The maximum absolute atomic E-state index is 12.6. The lowest BCUT2D eigenvalue weighted by Crippen LogP contribution is -2.32. The molecule has 0 spiro atoms. The van der Waals surface area contributed by atoms with E-state index in [0.717, 1.165) is 0 Å². The second-order valence-corrected chi connectivity index (χ2v) is 4.94. The Hall–Kier alpha value is -1.86. The summed E-state index contributed by atoms with van der Waals surface area (Å²) in [5.74, 6) is -0.816. The van der Waals surface area contributed by atoms with Crippen LogP contribution in [0.2, 0.25) is 0 Å². The number of halogens is 3. The summed E-state index contributed by atoms with van der Waals surface area (Å²) >= 11 is 0. The first-order chi connectivity index (χ1) is 9.52. The first-order valence-corrected chi connectivity index (χ1v) is 6.43. The van der Waals surface area contributed by atoms with Crippen LogP contribution in [0.4, 0.5) is 13.2 Å². The second-order valence-electron chi connectivity index (χ2n) is 4.94. The fourth-order valence-electron chi connectivity index (χ4n) is 2.45. The third-order valence-electron chi connectivity index (χ3n) is 3.56. The van der Waals surface area contributed by atoms with Crippen molar-refractivity contribution in [1.82, 2.24) is 19.8 Å². The molecule has 108 valence electrons. The summed E-state index contributed by atoms with van der Waals surface area (Å²) in [4.78, 5) is 0. The smallest absolute Gasteiger partial charge is 0.391 e. The van der Waals surface area contributed by atoms with Crippen LogP contribution in [0.15, 0.2) is 18.5 Å². The zero-order chi connectivity index (χ0) is 14.2. The van der Waals surface area contributed by atoms with Gasteiger partial charge in [-0.05, 0) is 31.7 Å². The molecule has 0 aromatic carbocycles. The van der Waals surface area contributed by atoms with Crippen LogP contribution >= 0.6 is 0 Å². The SMILES string of the molecule is FC(F)(F)C1CCC(Oc2ccc3nncn3n2)CC1. The van der Waals surface area contributed by atoms with Crippen molar-refractivity contribution in [2.75, 3.05) is 0 Å². The standard InChI is InChI=1S/C12H13F3N4O/c13-12(14,15)8-1-3-9(4-2-8)20-11-6-5-10-17-16-7-19(10)18-11/h5-9H,1-4H2. The van der Waals surface area contributed by atoms with Gasteiger partial charge in [0.1, 0.15) is 12.4 Å². The van der Waals surface area contributed by atoms with Crippen LogP contribution in [0.5, 0.6) is 5.88 Å². The van der Waals surface area contributed by atoms with E-state index in [1.807, 2.05) is 0 Å². The van der Waals surface area contributed by atoms with Crippen molar-refractivity contribution in [3.63, 3.8) is 0 Å². The molecule has 2 aromatic heterocycles. The summed E-state index contributed by atoms with van der Waals surface area (Å²) in [6.07, 6.45) is -1.84. The maximum Gasteiger partial charge on any atom is 0.391 e. The fourth-order valence-corrected chi connectivity index (χ4v) is 2.45. The van der Waals surface area contributed by atoms with Gasteiger partial charge >= 0.3 is 6.18 Å². The van der Waals surface area contributed by atoms with Gasteiger partial charge in [-0.2, -0.15) is 17.7 Å². The molecular weight excluding hydrogens is 273 g/mol. The molecule has 20 heavy (non-hydrogen) atoms. The minimum absolute atomic E-state index is 0.114. The van der Waals surface area contributed by atoms with Crippen molar-refractivity contribution < 1.29 is 17.9 Å². The molecule has 3 rings (SSSR count). The quantitative estimate of drug-likeness (QED) is 0.851. The van der Waals surface area contributed by atoms with E-state index in [0.29, 0.717) is 24.4 Å². The fraction of sp³-hybridized carbons (Fsp3) is 0.583. The molecule has 1 aliphatic rings. The predicted octanol–water partition coefficient (Wildman–Crippen LogP) is 2.62. The number of ether oxygens (including phenoxy) is 1. The highest BCUT2D eigenvalue weighted by Crippen LogP contribution is 2.38. The monoisotopic (exact) mass is 286 g/mol. The molecule has 0 aliphatic heterocycles. The molecule has 0 saturated heterocycles. The number of rotatable bonds is 2. The minimum atomic E-state index is -4.09. The molecule has 2 aromatic rings. The molecule has 0 unspecified atom stereocenters. The summed E-state index contributed by atoms with van der Waals surface area (Å²) in [5, 5.41) is 11.7. The lowest BCUT2D eigenvalue weighted by Gasteiger charge is -2.29. The molecule has 0 atom stereocenters. The van der Waals surface area contributed by atoms with Crippen molar-refractivity contribution >= 4 is 5.65 Å². The number of hydrogen-bond acceptors (Lipinski definition) is 4. The Morgan fingerprint density at radius 3 is 2.60 bits per heavy atom. The molecule has 1 aliphatic carbocycles. The Kier molecular flexibility index (Phi) is 3.23. The average Bonchev–Trinajstić information content (AvgIpc) is 2.86. The van der Waals surface area contributed by atoms with E-state index >= 15 is 0 Å². The van der Waals surface area contributed by atoms with Crippen LogP contribution in [-0.2, 0) is 0 Å².